The fraction of sp³-hybridized carbons (Fsp3) is 0.529. The van der Waals surface area contributed by atoms with Gasteiger partial charge in [-0.05, 0) is 29.7 Å². The highest BCUT2D eigenvalue weighted by molar-refractivity contribution is 6.30. The zero-order valence-corrected chi connectivity index (χ0v) is 14.3. The Bertz CT molecular complexity index is 617. The molecule has 3 rings (SSSR count). The van der Waals surface area contributed by atoms with Crippen LogP contribution in [-0.2, 0) is 16.0 Å². The van der Waals surface area contributed by atoms with Gasteiger partial charge >= 0.3 is 0 Å². The number of nitrogens with zero attached hydrogens (tertiary/aromatic N) is 3. The molecule has 0 radical (unpaired) electrons. The number of halogens is 1. The lowest BCUT2D eigenvalue weighted by Crippen LogP contribution is -2.53. The van der Waals surface area contributed by atoms with E-state index in [0.717, 1.165) is 30.6 Å². The summed E-state index contributed by atoms with van der Waals surface area (Å²) in [5.41, 5.74) is 1.92. The molecule has 2 aliphatic heterocycles. The quantitative estimate of drug-likeness (QED) is 0.804. The van der Waals surface area contributed by atoms with Crippen molar-refractivity contribution in [2.45, 2.75) is 12.5 Å². The number of carbonyl (C=O) groups excluding carboxylic acids is 2. The molecule has 6 nitrogen and oxygen atoms in total. The molecule has 1 fully saturated rings. The summed E-state index contributed by atoms with van der Waals surface area (Å²) < 4.78 is 0. The predicted molar refractivity (Wildman–Crippen MR) is 90.8 cm³/mol. The summed E-state index contributed by atoms with van der Waals surface area (Å²) in [6.45, 7) is 4.01. The van der Waals surface area contributed by atoms with Crippen LogP contribution in [0.25, 0.3) is 0 Å². The van der Waals surface area contributed by atoms with Crippen LogP contribution in [-0.4, -0.2) is 78.0 Å². The van der Waals surface area contributed by atoms with Gasteiger partial charge in [0.15, 0.2) is 0 Å². The molecule has 0 aliphatic carbocycles. The molecule has 1 aromatic rings. The second-order valence-electron chi connectivity index (χ2n) is 6.23. The van der Waals surface area contributed by atoms with E-state index in [1.165, 1.54) is 0 Å². The van der Waals surface area contributed by atoms with Crippen molar-refractivity contribution in [2.24, 2.45) is 0 Å². The molecule has 24 heavy (non-hydrogen) atoms. The summed E-state index contributed by atoms with van der Waals surface area (Å²) in [4.78, 5) is 30.1. The minimum absolute atomic E-state index is 0.0333. The van der Waals surface area contributed by atoms with Gasteiger partial charge in [-0.25, -0.2) is 0 Å². The van der Waals surface area contributed by atoms with Gasteiger partial charge in [-0.2, -0.15) is 0 Å². The van der Waals surface area contributed by atoms with Gasteiger partial charge in [0.2, 0.25) is 12.3 Å². The maximum Gasteiger partial charge on any atom is 0.250 e. The van der Waals surface area contributed by atoms with E-state index in [9.17, 15) is 9.59 Å². The van der Waals surface area contributed by atoms with Crippen LogP contribution in [0.2, 0.25) is 5.02 Å². The first-order valence-electron chi connectivity index (χ1n) is 8.25. The molecule has 0 aromatic heterocycles. The van der Waals surface area contributed by atoms with Crippen molar-refractivity contribution in [1.82, 2.24) is 14.7 Å². The lowest BCUT2D eigenvalue weighted by Gasteiger charge is -2.40. The predicted octanol–water partition coefficient (Wildman–Crippen LogP) is 0.532. The molecule has 2 amide bonds. The number of piperazine rings is 1. The molecular formula is C17H22ClN3O3. The van der Waals surface area contributed by atoms with Crippen molar-refractivity contribution in [3.63, 3.8) is 0 Å². The molecule has 2 aliphatic rings. The van der Waals surface area contributed by atoms with Crippen LogP contribution in [0.5, 0.6) is 0 Å². The number of amides is 2. The Hall–Kier alpha value is -1.63. The standard InChI is InChI=1S/C17H22ClN3O3/c18-14-1-2-15-13(11-14)3-4-21(12-23)16(15)17(24)20-7-5-19(6-8-20)9-10-22/h1-2,11-12,16,22H,3-10H2. The minimum atomic E-state index is -0.562. The number of benzene rings is 1. The average Bonchev–Trinajstić information content (AvgIpc) is 2.61. The van der Waals surface area contributed by atoms with E-state index in [2.05, 4.69) is 4.90 Å². The Morgan fingerprint density at radius 1 is 1.25 bits per heavy atom. The van der Waals surface area contributed by atoms with Crippen molar-refractivity contribution >= 4 is 23.9 Å². The van der Waals surface area contributed by atoms with Gasteiger partial charge in [-0.1, -0.05) is 17.7 Å². The van der Waals surface area contributed by atoms with Crippen molar-refractivity contribution < 1.29 is 14.7 Å². The number of fused-ring (bicyclic) bond motifs is 1. The lowest BCUT2D eigenvalue weighted by atomic mass is 9.92. The van der Waals surface area contributed by atoms with Crippen LogP contribution >= 0.6 is 11.6 Å². The Morgan fingerprint density at radius 3 is 2.67 bits per heavy atom. The lowest BCUT2D eigenvalue weighted by molar-refractivity contribution is -0.143. The highest BCUT2D eigenvalue weighted by atomic mass is 35.5. The second kappa shape index (κ2) is 7.51. The number of hydrogen-bond acceptors (Lipinski definition) is 4. The summed E-state index contributed by atoms with van der Waals surface area (Å²) in [6, 6.07) is 4.96. The fourth-order valence-corrected chi connectivity index (χ4v) is 3.70. The molecule has 1 atom stereocenters. The summed E-state index contributed by atoms with van der Waals surface area (Å²) >= 11 is 6.06. The van der Waals surface area contributed by atoms with Gasteiger partial charge in [-0.15, -0.1) is 0 Å². The number of aliphatic hydroxyl groups excluding tert-OH is 1. The minimum Gasteiger partial charge on any atom is -0.395 e. The van der Waals surface area contributed by atoms with Gasteiger partial charge in [0.1, 0.15) is 6.04 Å². The molecule has 0 spiro atoms. The van der Waals surface area contributed by atoms with E-state index in [4.69, 9.17) is 16.7 Å². The molecule has 1 saturated heterocycles. The van der Waals surface area contributed by atoms with Crippen LogP contribution in [0.4, 0.5) is 0 Å². The third-order valence-electron chi connectivity index (χ3n) is 4.84. The van der Waals surface area contributed by atoms with Crippen LogP contribution in [0.15, 0.2) is 18.2 Å². The number of rotatable bonds is 4. The molecule has 0 saturated carbocycles. The van der Waals surface area contributed by atoms with Gasteiger partial charge in [0, 0.05) is 44.3 Å². The van der Waals surface area contributed by atoms with Crippen molar-refractivity contribution in [2.75, 3.05) is 45.9 Å². The van der Waals surface area contributed by atoms with E-state index in [1.807, 2.05) is 17.0 Å². The van der Waals surface area contributed by atoms with Crippen LogP contribution in [0, 0.1) is 0 Å². The Morgan fingerprint density at radius 2 is 2.00 bits per heavy atom. The number of carbonyl (C=O) groups is 2. The van der Waals surface area contributed by atoms with E-state index in [0.29, 0.717) is 37.6 Å². The maximum atomic E-state index is 13.1. The smallest absolute Gasteiger partial charge is 0.250 e. The van der Waals surface area contributed by atoms with E-state index < -0.39 is 6.04 Å². The number of aliphatic hydroxyl groups is 1. The molecule has 1 unspecified atom stereocenters. The first-order chi connectivity index (χ1) is 11.6. The first-order valence-corrected chi connectivity index (χ1v) is 8.63. The molecule has 1 N–H and O–H groups in total. The summed E-state index contributed by atoms with van der Waals surface area (Å²) in [7, 11) is 0. The van der Waals surface area contributed by atoms with Gasteiger partial charge < -0.3 is 14.9 Å². The summed E-state index contributed by atoms with van der Waals surface area (Å²) in [5.74, 6) is -0.0333. The van der Waals surface area contributed by atoms with Crippen LogP contribution in [0.3, 0.4) is 0 Å². The topological polar surface area (TPSA) is 64.1 Å². The van der Waals surface area contributed by atoms with Gasteiger partial charge in [-0.3, -0.25) is 14.5 Å². The van der Waals surface area contributed by atoms with E-state index in [-0.39, 0.29) is 12.5 Å². The van der Waals surface area contributed by atoms with Crippen molar-refractivity contribution in [3.05, 3.63) is 34.3 Å². The molecule has 1 aromatic carbocycles. The second-order valence-corrected chi connectivity index (χ2v) is 6.67. The maximum absolute atomic E-state index is 13.1. The molecule has 0 bridgehead atoms. The Balaban J connectivity index is 1.79. The van der Waals surface area contributed by atoms with Crippen molar-refractivity contribution in [1.29, 1.82) is 0 Å². The summed E-state index contributed by atoms with van der Waals surface area (Å²) in [5, 5.41) is 9.67. The Labute approximate surface area is 146 Å². The SMILES string of the molecule is O=CN1CCc2cc(Cl)ccc2C1C(=O)N1CCN(CCO)CC1. The van der Waals surface area contributed by atoms with Gasteiger partial charge in [0.05, 0.1) is 6.61 Å². The summed E-state index contributed by atoms with van der Waals surface area (Å²) in [6.07, 6.45) is 1.48. The largest absolute Gasteiger partial charge is 0.395 e. The fourth-order valence-electron chi connectivity index (χ4n) is 3.51. The van der Waals surface area contributed by atoms with E-state index >= 15 is 0 Å². The Kier molecular flexibility index (Phi) is 5.38. The highest BCUT2D eigenvalue weighted by Crippen LogP contribution is 2.32. The zero-order valence-electron chi connectivity index (χ0n) is 13.5. The van der Waals surface area contributed by atoms with Crippen molar-refractivity contribution in [3.8, 4) is 0 Å². The monoisotopic (exact) mass is 351 g/mol. The molecule has 7 heteroatoms. The first kappa shape index (κ1) is 17.2. The zero-order chi connectivity index (χ0) is 17.1. The molecule has 2 heterocycles. The van der Waals surface area contributed by atoms with E-state index in [1.54, 1.807) is 11.0 Å². The van der Waals surface area contributed by atoms with Crippen LogP contribution in [0.1, 0.15) is 17.2 Å². The number of β-amino-alcohol motifs (C(OH)–C–C–N with tert-alkyl or cyclic N) is 1. The van der Waals surface area contributed by atoms with Crippen LogP contribution < -0.4 is 0 Å². The molecule has 130 valence electrons. The third kappa shape index (κ3) is 3.41. The normalized spacial score (nSPS) is 21.5. The third-order valence-corrected chi connectivity index (χ3v) is 5.08. The highest BCUT2D eigenvalue weighted by Gasteiger charge is 2.36. The molecular weight excluding hydrogens is 330 g/mol. The average molecular weight is 352 g/mol. The van der Waals surface area contributed by atoms with Gasteiger partial charge in [0.25, 0.3) is 0 Å². The number of hydrogen-bond donors (Lipinski definition) is 1.